The average molecular weight is 214 g/mol. The fourth-order valence-electron chi connectivity index (χ4n) is 1.89. The van der Waals surface area contributed by atoms with Gasteiger partial charge in [0.05, 0.1) is 12.1 Å². The number of amides is 1. The third kappa shape index (κ3) is 4.18. The molecule has 0 aromatic heterocycles. The summed E-state index contributed by atoms with van der Waals surface area (Å²) in [5, 5.41) is 6.23. The van der Waals surface area contributed by atoms with Crippen LogP contribution in [0.2, 0.25) is 0 Å². The van der Waals surface area contributed by atoms with E-state index in [4.69, 9.17) is 4.74 Å². The molecule has 4 heteroatoms. The van der Waals surface area contributed by atoms with Crippen LogP contribution in [0.4, 0.5) is 0 Å². The van der Waals surface area contributed by atoms with Crippen molar-refractivity contribution in [3.8, 4) is 0 Å². The maximum atomic E-state index is 11.6. The summed E-state index contributed by atoms with van der Waals surface area (Å²) in [5.74, 6) is 0.116. The van der Waals surface area contributed by atoms with Crippen LogP contribution in [-0.4, -0.2) is 37.2 Å². The van der Waals surface area contributed by atoms with Crippen molar-refractivity contribution < 1.29 is 9.53 Å². The Hall–Kier alpha value is -0.610. The molecule has 1 rings (SSSR count). The highest BCUT2D eigenvalue weighted by atomic mass is 16.5. The van der Waals surface area contributed by atoms with Crippen molar-refractivity contribution in [1.82, 2.24) is 10.6 Å². The van der Waals surface area contributed by atoms with Crippen molar-refractivity contribution in [2.45, 2.75) is 51.8 Å². The van der Waals surface area contributed by atoms with Gasteiger partial charge >= 0.3 is 0 Å². The summed E-state index contributed by atoms with van der Waals surface area (Å²) in [5.41, 5.74) is 0. The zero-order valence-electron chi connectivity index (χ0n) is 9.88. The zero-order chi connectivity index (χ0) is 11.3. The number of hydrogen-bond donors (Lipinski definition) is 2. The Kier molecular flexibility index (Phi) is 5.05. The Morgan fingerprint density at radius 2 is 2.33 bits per heavy atom. The topological polar surface area (TPSA) is 50.4 Å². The average Bonchev–Trinajstić information content (AvgIpc) is 2.52. The van der Waals surface area contributed by atoms with E-state index < -0.39 is 0 Å². The largest absolute Gasteiger partial charge is 0.376 e. The molecule has 88 valence electrons. The number of carbonyl (C=O) groups is 1. The van der Waals surface area contributed by atoms with Crippen LogP contribution in [0, 0.1) is 0 Å². The van der Waals surface area contributed by atoms with Crippen molar-refractivity contribution >= 4 is 5.91 Å². The van der Waals surface area contributed by atoms with Gasteiger partial charge in [0, 0.05) is 19.1 Å². The highest BCUT2D eigenvalue weighted by Gasteiger charge is 2.25. The number of nitrogens with one attached hydrogen (secondary N) is 2. The van der Waals surface area contributed by atoms with Crippen molar-refractivity contribution in [3.05, 3.63) is 0 Å². The van der Waals surface area contributed by atoms with Crippen molar-refractivity contribution in [3.63, 3.8) is 0 Å². The molecule has 4 nitrogen and oxygen atoms in total. The number of hydrogen-bond acceptors (Lipinski definition) is 3. The lowest BCUT2D eigenvalue weighted by atomic mass is 10.1. The Bertz CT molecular complexity index is 209. The van der Waals surface area contributed by atoms with Crippen molar-refractivity contribution in [2.24, 2.45) is 0 Å². The Morgan fingerprint density at radius 3 is 2.87 bits per heavy atom. The summed E-state index contributed by atoms with van der Waals surface area (Å²) in [6.07, 6.45) is 1.63. The minimum atomic E-state index is 0.116. The van der Waals surface area contributed by atoms with Gasteiger partial charge in [-0.1, -0.05) is 6.92 Å². The molecular formula is C11H22N2O2. The van der Waals surface area contributed by atoms with E-state index in [1.54, 1.807) is 0 Å². The van der Waals surface area contributed by atoms with Crippen LogP contribution in [0.15, 0.2) is 0 Å². The van der Waals surface area contributed by atoms with Gasteiger partial charge in [-0.05, 0) is 26.8 Å². The molecule has 0 radical (unpaired) electrons. The molecule has 0 spiro atoms. The molecule has 1 aliphatic heterocycles. The second-order valence-corrected chi connectivity index (χ2v) is 4.20. The molecule has 1 heterocycles. The van der Waals surface area contributed by atoms with E-state index in [1.165, 1.54) is 0 Å². The first-order valence-electron chi connectivity index (χ1n) is 5.77. The molecular weight excluding hydrogens is 192 g/mol. The lowest BCUT2D eigenvalue weighted by Crippen LogP contribution is -2.41. The molecule has 15 heavy (non-hydrogen) atoms. The predicted octanol–water partition coefficient (Wildman–Crippen LogP) is 0.668. The van der Waals surface area contributed by atoms with E-state index in [9.17, 15) is 4.79 Å². The second kappa shape index (κ2) is 6.08. The summed E-state index contributed by atoms with van der Waals surface area (Å²) >= 11 is 0. The Balaban J connectivity index is 2.23. The fraction of sp³-hybridized carbons (Fsp3) is 0.909. The van der Waals surface area contributed by atoms with Gasteiger partial charge in [0.15, 0.2) is 0 Å². The van der Waals surface area contributed by atoms with Crippen LogP contribution in [-0.2, 0) is 9.53 Å². The van der Waals surface area contributed by atoms with Gasteiger partial charge in [-0.15, -0.1) is 0 Å². The molecule has 2 N–H and O–H groups in total. The summed E-state index contributed by atoms with van der Waals surface area (Å²) in [7, 11) is 0. The smallest absolute Gasteiger partial charge is 0.221 e. The first-order valence-corrected chi connectivity index (χ1v) is 5.77. The van der Waals surface area contributed by atoms with Gasteiger partial charge in [-0.25, -0.2) is 0 Å². The molecule has 3 atom stereocenters. The molecule has 3 unspecified atom stereocenters. The Morgan fingerprint density at radius 1 is 1.60 bits per heavy atom. The third-order valence-electron chi connectivity index (χ3n) is 2.77. The van der Waals surface area contributed by atoms with Crippen LogP contribution >= 0.6 is 0 Å². The quantitative estimate of drug-likeness (QED) is 0.707. The van der Waals surface area contributed by atoms with Gasteiger partial charge in [0.2, 0.25) is 5.91 Å². The second-order valence-electron chi connectivity index (χ2n) is 4.20. The van der Waals surface area contributed by atoms with Crippen LogP contribution < -0.4 is 10.6 Å². The third-order valence-corrected chi connectivity index (χ3v) is 2.77. The van der Waals surface area contributed by atoms with Crippen molar-refractivity contribution in [2.75, 3.05) is 13.2 Å². The highest BCUT2D eigenvalue weighted by Crippen LogP contribution is 2.12. The van der Waals surface area contributed by atoms with Crippen LogP contribution in [0.1, 0.15) is 33.6 Å². The van der Waals surface area contributed by atoms with Gasteiger partial charge in [0.1, 0.15) is 0 Å². The van der Waals surface area contributed by atoms with E-state index in [-0.39, 0.29) is 24.1 Å². The molecule has 1 saturated heterocycles. The molecule has 0 aliphatic carbocycles. The first kappa shape index (κ1) is 12.5. The highest BCUT2D eigenvalue weighted by molar-refractivity contribution is 5.76. The lowest BCUT2D eigenvalue weighted by Gasteiger charge is -2.18. The molecule has 1 aliphatic rings. The van der Waals surface area contributed by atoms with E-state index in [1.807, 2.05) is 20.8 Å². The standard InChI is InChI=1S/C11H22N2O2/c1-4-12-8(2)7-11(14)13-10-5-6-15-9(10)3/h8-10,12H,4-7H2,1-3H3,(H,13,14). The first-order chi connectivity index (χ1) is 7.13. The van der Waals surface area contributed by atoms with E-state index in [2.05, 4.69) is 10.6 Å². The monoisotopic (exact) mass is 214 g/mol. The van der Waals surface area contributed by atoms with E-state index in [0.717, 1.165) is 19.6 Å². The SMILES string of the molecule is CCNC(C)CC(=O)NC1CCOC1C. The van der Waals surface area contributed by atoms with Crippen LogP contribution in [0.25, 0.3) is 0 Å². The zero-order valence-corrected chi connectivity index (χ0v) is 9.88. The van der Waals surface area contributed by atoms with Crippen LogP contribution in [0.5, 0.6) is 0 Å². The van der Waals surface area contributed by atoms with Gasteiger partial charge in [-0.3, -0.25) is 4.79 Å². The van der Waals surface area contributed by atoms with Crippen molar-refractivity contribution in [1.29, 1.82) is 0 Å². The summed E-state index contributed by atoms with van der Waals surface area (Å²) < 4.78 is 5.39. The van der Waals surface area contributed by atoms with Gasteiger partial charge in [0.25, 0.3) is 0 Å². The molecule has 0 saturated carbocycles. The molecule has 0 aromatic rings. The van der Waals surface area contributed by atoms with E-state index >= 15 is 0 Å². The number of ether oxygens (including phenoxy) is 1. The number of rotatable bonds is 5. The van der Waals surface area contributed by atoms with Gasteiger partial charge < -0.3 is 15.4 Å². The minimum Gasteiger partial charge on any atom is -0.376 e. The normalized spacial score (nSPS) is 27.7. The molecule has 1 fully saturated rings. The molecule has 0 aromatic carbocycles. The summed E-state index contributed by atoms with van der Waals surface area (Å²) in [6, 6.07) is 0.443. The number of carbonyl (C=O) groups excluding carboxylic acids is 1. The predicted molar refractivity (Wildman–Crippen MR) is 59.7 cm³/mol. The summed E-state index contributed by atoms with van der Waals surface area (Å²) in [4.78, 5) is 11.6. The molecule has 1 amide bonds. The lowest BCUT2D eigenvalue weighted by molar-refractivity contribution is -0.122. The van der Waals surface area contributed by atoms with Gasteiger partial charge in [-0.2, -0.15) is 0 Å². The maximum absolute atomic E-state index is 11.6. The van der Waals surface area contributed by atoms with E-state index in [0.29, 0.717) is 6.42 Å². The Labute approximate surface area is 91.8 Å². The minimum absolute atomic E-state index is 0.116. The maximum Gasteiger partial charge on any atom is 0.221 e. The molecule has 0 bridgehead atoms. The fourth-order valence-corrected chi connectivity index (χ4v) is 1.89. The van der Waals surface area contributed by atoms with Crippen LogP contribution in [0.3, 0.4) is 0 Å². The summed E-state index contributed by atoms with van der Waals surface area (Å²) in [6.45, 7) is 7.73.